The van der Waals surface area contributed by atoms with Crippen LogP contribution in [0.1, 0.15) is 24.0 Å². The van der Waals surface area contributed by atoms with Crippen molar-refractivity contribution in [2.24, 2.45) is 5.73 Å². The molecule has 0 saturated heterocycles. The molecule has 0 atom stereocenters. The van der Waals surface area contributed by atoms with Crippen LogP contribution in [0.2, 0.25) is 0 Å². The summed E-state index contributed by atoms with van der Waals surface area (Å²) >= 11 is 0. The second-order valence-electron chi connectivity index (χ2n) is 4.76. The molecule has 0 heterocycles. The van der Waals surface area contributed by atoms with E-state index in [2.05, 4.69) is 17.4 Å². The van der Waals surface area contributed by atoms with Crippen molar-refractivity contribution >= 4 is 11.6 Å². The number of nitrogens with one attached hydrogen (secondary N) is 1. The fourth-order valence-electron chi connectivity index (χ4n) is 2.09. The van der Waals surface area contributed by atoms with Crippen LogP contribution in [0.25, 0.3) is 0 Å². The van der Waals surface area contributed by atoms with Crippen molar-refractivity contribution in [3.8, 4) is 0 Å². The number of carbonyl (C=O) groups is 1. The Morgan fingerprint density at radius 1 is 1.00 bits per heavy atom. The zero-order valence-corrected chi connectivity index (χ0v) is 11.5. The predicted molar refractivity (Wildman–Crippen MR) is 82.6 cm³/mol. The van der Waals surface area contributed by atoms with Crippen LogP contribution in [0.3, 0.4) is 0 Å². The number of anilines is 1. The van der Waals surface area contributed by atoms with Gasteiger partial charge in [0.15, 0.2) is 0 Å². The summed E-state index contributed by atoms with van der Waals surface area (Å²) in [6, 6.07) is 18.2. The summed E-state index contributed by atoms with van der Waals surface area (Å²) in [6.07, 6.45) is 2.00. The molecular formula is C17H20N2O. The van der Waals surface area contributed by atoms with Gasteiger partial charge in [-0.25, -0.2) is 0 Å². The molecule has 0 saturated carbocycles. The summed E-state index contributed by atoms with van der Waals surface area (Å²) in [4.78, 5) is 11.8. The molecule has 0 aliphatic carbocycles. The number of nitrogens with two attached hydrogens (primary N) is 1. The van der Waals surface area contributed by atoms with Crippen LogP contribution in [0.4, 0.5) is 5.69 Å². The van der Waals surface area contributed by atoms with Crippen LogP contribution in [0.15, 0.2) is 54.6 Å². The first kappa shape index (κ1) is 14.3. The molecule has 0 aliphatic rings. The van der Waals surface area contributed by atoms with E-state index >= 15 is 0 Å². The van der Waals surface area contributed by atoms with E-state index in [9.17, 15) is 4.79 Å². The van der Waals surface area contributed by atoms with E-state index in [1.807, 2.05) is 42.5 Å². The number of benzene rings is 2. The van der Waals surface area contributed by atoms with Crippen molar-refractivity contribution in [1.82, 2.24) is 0 Å². The Bertz CT molecular complexity index is 552. The Morgan fingerprint density at radius 3 is 2.45 bits per heavy atom. The van der Waals surface area contributed by atoms with Gasteiger partial charge in [0.1, 0.15) is 0 Å². The van der Waals surface area contributed by atoms with Crippen LogP contribution in [0.5, 0.6) is 0 Å². The third-order valence-electron chi connectivity index (χ3n) is 3.14. The maximum atomic E-state index is 11.8. The monoisotopic (exact) mass is 268 g/mol. The van der Waals surface area contributed by atoms with Crippen molar-refractivity contribution < 1.29 is 4.79 Å². The molecule has 3 N–H and O–H groups in total. The third kappa shape index (κ3) is 4.21. The first-order chi connectivity index (χ1) is 9.79. The fourth-order valence-corrected chi connectivity index (χ4v) is 2.09. The Hall–Kier alpha value is -2.13. The molecule has 20 heavy (non-hydrogen) atoms. The van der Waals surface area contributed by atoms with E-state index in [0.717, 1.165) is 17.7 Å². The highest BCUT2D eigenvalue weighted by atomic mass is 16.1. The first-order valence-corrected chi connectivity index (χ1v) is 6.91. The summed E-state index contributed by atoms with van der Waals surface area (Å²) in [5.74, 6) is 0.0240. The van der Waals surface area contributed by atoms with E-state index in [1.54, 1.807) is 0 Å². The molecule has 0 fully saturated rings. The molecule has 0 aliphatic heterocycles. The van der Waals surface area contributed by atoms with E-state index in [0.29, 0.717) is 19.4 Å². The minimum atomic E-state index is 0.0240. The van der Waals surface area contributed by atoms with Gasteiger partial charge in [-0.2, -0.15) is 0 Å². The predicted octanol–water partition coefficient (Wildman–Crippen LogP) is 2.95. The van der Waals surface area contributed by atoms with Gasteiger partial charge in [0.2, 0.25) is 5.91 Å². The Kier molecular flexibility index (Phi) is 5.33. The minimum Gasteiger partial charge on any atom is -0.330 e. The molecule has 2 aromatic carbocycles. The number of rotatable bonds is 6. The molecule has 3 nitrogen and oxygen atoms in total. The maximum Gasteiger partial charge on any atom is 0.224 e. The lowest BCUT2D eigenvalue weighted by atomic mass is 10.0. The van der Waals surface area contributed by atoms with Gasteiger partial charge >= 0.3 is 0 Å². The highest BCUT2D eigenvalue weighted by Crippen LogP contribution is 2.19. The summed E-state index contributed by atoms with van der Waals surface area (Å²) < 4.78 is 0. The van der Waals surface area contributed by atoms with E-state index in [4.69, 9.17) is 5.73 Å². The van der Waals surface area contributed by atoms with Gasteiger partial charge in [0.25, 0.3) is 0 Å². The van der Waals surface area contributed by atoms with Gasteiger partial charge in [-0.3, -0.25) is 4.79 Å². The standard InChI is InChI=1S/C17H20N2O/c18-12-6-11-17(20)19-16-10-5-4-9-15(16)13-14-7-2-1-3-8-14/h1-5,7-10H,6,11-13,18H2,(H,19,20). The van der Waals surface area contributed by atoms with E-state index in [1.165, 1.54) is 5.56 Å². The zero-order valence-electron chi connectivity index (χ0n) is 11.5. The van der Waals surface area contributed by atoms with Crippen molar-refractivity contribution in [1.29, 1.82) is 0 Å². The van der Waals surface area contributed by atoms with E-state index in [-0.39, 0.29) is 5.91 Å². The largest absolute Gasteiger partial charge is 0.330 e. The lowest BCUT2D eigenvalue weighted by Gasteiger charge is -2.11. The summed E-state index contributed by atoms with van der Waals surface area (Å²) in [5, 5.41) is 2.97. The molecule has 104 valence electrons. The lowest BCUT2D eigenvalue weighted by molar-refractivity contribution is -0.116. The zero-order chi connectivity index (χ0) is 14.2. The lowest BCUT2D eigenvalue weighted by Crippen LogP contribution is -2.14. The molecule has 1 amide bonds. The van der Waals surface area contributed by atoms with Crippen LogP contribution >= 0.6 is 0 Å². The number of para-hydroxylation sites is 1. The molecule has 0 spiro atoms. The molecule has 2 rings (SSSR count). The van der Waals surface area contributed by atoms with Crippen LogP contribution in [0, 0.1) is 0 Å². The maximum absolute atomic E-state index is 11.8. The quantitative estimate of drug-likeness (QED) is 0.846. The Balaban J connectivity index is 2.08. The first-order valence-electron chi connectivity index (χ1n) is 6.91. The van der Waals surface area contributed by atoms with Crippen LogP contribution in [-0.4, -0.2) is 12.5 Å². The topological polar surface area (TPSA) is 55.1 Å². The van der Waals surface area contributed by atoms with Gasteiger partial charge in [0, 0.05) is 12.1 Å². The number of carbonyl (C=O) groups excluding carboxylic acids is 1. The van der Waals surface area contributed by atoms with Crippen LogP contribution in [-0.2, 0) is 11.2 Å². The van der Waals surface area contributed by atoms with Crippen LogP contribution < -0.4 is 11.1 Å². The van der Waals surface area contributed by atoms with Gasteiger partial charge in [-0.15, -0.1) is 0 Å². The third-order valence-corrected chi connectivity index (χ3v) is 3.14. The average molecular weight is 268 g/mol. The number of amides is 1. The summed E-state index contributed by atoms with van der Waals surface area (Å²) in [7, 11) is 0. The highest BCUT2D eigenvalue weighted by Gasteiger charge is 2.06. The highest BCUT2D eigenvalue weighted by molar-refractivity contribution is 5.91. The Morgan fingerprint density at radius 2 is 1.70 bits per heavy atom. The van der Waals surface area contributed by atoms with Crippen molar-refractivity contribution in [3.63, 3.8) is 0 Å². The van der Waals surface area contributed by atoms with Crippen molar-refractivity contribution in [2.75, 3.05) is 11.9 Å². The second-order valence-corrected chi connectivity index (χ2v) is 4.76. The van der Waals surface area contributed by atoms with Gasteiger partial charge in [0.05, 0.1) is 0 Å². The molecule has 2 aromatic rings. The van der Waals surface area contributed by atoms with Gasteiger partial charge in [-0.05, 0) is 36.6 Å². The summed E-state index contributed by atoms with van der Waals surface area (Å²) in [6.45, 7) is 0.541. The van der Waals surface area contributed by atoms with Gasteiger partial charge < -0.3 is 11.1 Å². The van der Waals surface area contributed by atoms with Crippen molar-refractivity contribution in [3.05, 3.63) is 65.7 Å². The van der Waals surface area contributed by atoms with Crippen molar-refractivity contribution in [2.45, 2.75) is 19.3 Å². The van der Waals surface area contributed by atoms with E-state index < -0.39 is 0 Å². The molecule has 0 radical (unpaired) electrons. The summed E-state index contributed by atoms with van der Waals surface area (Å²) in [5.41, 5.74) is 8.67. The fraction of sp³-hybridized carbons (Fsp3) is 0.235. The smallest absolute Gasteiger partial charge is 0.224 e. The SMILES string of the molecule is NCCCC(=O)Nc1ccccc1Cc1ccccc1. The number of hydrogen-bond acceptors (Lipinski definition) is 2. The minimum absolute atomic E-state index is 0.0240. The molecule has 0 aromatic heterocycles. The van der Waals surface area contributed by atoms with Gasteiger partial charge in [-0.1, -0.05) is 48.5 Å². The molecule has 3 heteroatoms. The average Bonchev–Trinajstić information content (AvgIpc) is 2.48. The second kappa shape index (κ2) is 7.46. The number of hydrogen-bond donors (Lipinski definition) is 2. The Labute approximate surface area is 119 Å². The normalized spacial score (nSPS) is 10.2. The molecule has 0 bridgehead atoms. The molecular weight excluding hydrogens is 248 g/mol. The molecule has 0 unspecified atom stereocenters.